The summed E-state index contributed by atoms with van der Waals surface area (Å²) in [6, 6.07) is 4.87. The molecule has 3 N–H and O–H groups in total. The quantitative estimate of drug-likeness (QED) is 0.575. The molecule has 0 fully saturated rings. The lowest BCUT2D eigenvalue weighted by Gasteiger charge is -2.05. The lowest BCUT2D eigenvalue weighted by atomic mass is 10.1. The standard InChI is InChI=1S/C11H14N2O3/c1-7-3-4-8(5-9(7)12)11(15)16-6-10(14)13-2/h3-5H,6,12H2,1-2H3,(H,13,14). The van der Waals surface area contributed by atoms with Gasteiger partial charge in [-0.15, -0.1) is 0 Å². The van der Waals surface area contributed by atoms with E-state index in [4.69, 9.17) is 10.5 Å². The van der Waals surface area contributed by atoms with Crippen molar-refractivity contribution in [1.82, 2.24) is 5.32 Å². The molecule has 0 saturated carbocycles. The Morgan fingerprint density at radius 3 is 2.69 bits per heavy atom. The lowest BCUT2D eigenvalue weighted by molar-refractivity contribution is -0.123. The molecular formula is C11H14N2O3. The van der Waals surface area contributed by atoms with Crippen molar-refractivity contribution in [2.45, 2.75) is 6.92 Å². The van der Waals surface area contributed by atoms with E-state index in [1.54, 1.807) is 12.1 Å². The second kappa shape index (κ2) is 5.16. The van der Waals surface area contributed by atoms with Crippen molar-refractivity contribution in [2.24, 2.45) is 0 Å². The minimum atomic E-state index is -0.560. The van der Waals surface area contributed by atoms with Gasteiger partial charge in [-0.3, -0.25) is 4.79 Å². The second-order valence-electron chi connectivity index (χ2n) is 3.32. The summed E-state index contributed by atoms with van der Waals surface area (Å²) in [6.45, 7) is 1.55. The molecular weight excluding hydrogens is 208 g/mol. The fourth-order valence-corrected chi connectivity index (χ4v) is 1.05. The summed E-state index contributed by atoms with van der Waals surface area (Å²) in [5.74, 6) is -0.913. The van der Waals surface area contributed by atoms with Crippen molar-refractivity contribution in [2.75, 3.05) is 19.4 Å². The number of rotatable bonds is 3. The number of amides is 1. The summed E-state index contributed by atoms with van der Waals surface area (Å²) in [4.78, 5) is 22.3. The van der Waals surface area contributed by atoms with Crippen molar-refractivity contribution >= 4 is 17.6 Å². The zero-order valence-electron chi connectivity index (χ0n) is 9.24. The van der Waals surface area contributed by atoms with Crippen LogP contribution in [-0.2, 0) is 9.53 Å². The molecule has 0 unspecified atom stereocenters. The minimum Gasteiger partial charge on any atom is -0.452 e. The van der Waals surface area contributed by atoms with E-state index in [0.29, 0.717) is 11.3 Å². The third kappa shape index (κ3) is 2.98. The first-order valence-electron chi connectivity index (χ1n) is 4.78. The zero-order chi connectivity index (χ0) is 12.1. The Morgan fingerprint density at radius 2 is 2.12 bits per heavy atom. The first-order chi connectivity index (χ1) is 7.54. The largest absolute Gasteiger partial charge is 0.452 e. The maximum Gasteiger partial charge on any atom is 0.338 e. The third-order valence-electron chi connectivity index (χ3n) is 2.13. The second-order valence-corrected chi connectivity index (χ2v) is 3.32. The molecule has 0 aliphatic carbocycles. The Bertz CT molecular complexity index is 416. The number of nitrogens with one attached hydrogen (secondary N) is 1. The normalized spacial score (nSPS) is 9.62. The highest BCUT2D eigenvalue weighted by Gasteiger charge is 2.10. The molecule has 0 aromatic heterocycles. The van der Waals surface area contributed by atoms with Crippen molar-refractivity contribution in [3.8, 4) is 0 Å². The maximum absolute atomic E-state index is 11.5. The van der Waals surface area contributed by atoms with Gasteiger partial charge in [-0.05, 0) is 24.6 Å². The van der Waals surface area contributed by atoms with Gasteiger partial charge in [-0.1, -0.05) is 6.07 Å². The highest BCUT2D eigenvalue weighted by Crippen LogP contribution is 2.13. The summed E-state index contributed by atoms with van der Waals surface area (Å²) in [5, 5.41) is 2.35. The van der Waals surface area contributed by atoms with Gasteiger partial charge in [0, 0.05) is 12.7 Å². The van der Waals surface area contributed by atoms with E-state index in [0.717, 1.165) is 5.56 Å². The molecule has 16 heavy (non-hydrogen) atoms. The molecule has 1 amide bonds. The molecule has 0 aliphatic rings. The number of hydrogen-bond acceptors (Lipinski definition) is 4. The Kier molecular flexibility index (Phi) is 3.88. The van der Waals surface area contributed by atoms with E-state index in [-0.39, 0.29) is 12.5 Å². The average molecular weight is 222 g/mol. The van der Waals surface area contributed by atoms with E-state index >= 15 is 0 Å². The van der Waals surface area contributed by atoms with Crippen molar-refractivity contribution in [1.29, 1.82) is 0 Å². The van der Waals surface area contributed by atoms with E-state index in [1.807, 2.05) is 6.92 Å². The number of aryl methyl sites for hydroxylation is 1. The number of nitrogen functional groups attached to an aromatic ring is 1. The van der Waals surface area contributed by atoms with Crippen molar-refractivity contribution in [3.63, 3.8) is 0 Å². The first-order valence-corrected chi connectivity index (χ1v) is 4.78. The summed E-state index contributed by atoms with van der Waals surface area (Å²) in [7, 11) is 1.47. The van der Waals surface area contributed by atoms with Crippen LogP contribution >= 0.6 is 0 Å². The molecule has 0 aliphatic heterocycles. The molecule has 0 radical (unpaired) electrons. The molecule has 86 valence electrons. The van der Waals surface area contributed by atoms with Crippen LogP contribution in [0.1, 0.15) is 15.9 Å². The third-order valence-corrected chi connectivity index (χ3v) is 2.13. The number of esters is 1. The predicted octanol–water partition coefficient (Wildman–Crippen LogP) is 0.480. The molecule has 1 aromatic rings. The summed E-state index contributed by atoms with van der Waals surface area (Å²) < 4.78 is 4.77. The highest BCUT2D eigenvalue weighted by molar-refractivity contribution is 5.92. The van der Waals surface area contributed by atoms with E-state index in [2.05, 4.69) is 5.32 Å². The minimum absolute atomic E-state index is 0.289. The average Bonchev–Trinajstić information content (AvgIpc) is 2.29. The summed E-state index contributed by atoms with van der Waals surface area (Å²) in [6.07, 6.45) is 0. The number of benzene rings is 1. The number of anilines is 1. The molecule has 0 saturated heterocycles. The number of carbonyl (C=O) groups is 2. The van der Waals surface area contributed by atoms with Crippen LogP contribution in [0.15, 0.2) is 18.2 Å². The number of nitrogens with two attached hydrogens (primary N) is 1. The molecule has 0 atom stereocenters. The van der Waals surface area contributed by atoms with Gasteiger partial charge in [0.25, 0.3) is 5.91 Å². The van der Waals surface area contributed by atoms with Gasteiger partial charge in [-0.25, -0.2) is 4.79 Å². The van der Waals surface area contributed by atoms with Gasteiger partial charge in [0.05, 0.1) is 5.56 Å². The number of hydrogen-bond donors (Lipinski definition) is 2. The molecule has 5 heteroatoms. The van der Waals surface area contributed by atoms with Crippen LogP contribution in [-0.4, -0.2) is 25.5 Å². The van der Waals surface area contributed by atoms with Gasteiger partial charge in [0.15, 0.2) is 6.61 Å². The van der Waals surface area contributed by atoms with Crippen LogP contribution in [0, 0.1) is 6.92 Å². The Labute approximate surface area is 93.6 Å². The number of likely N-dealkylation sites (N-methyl/N-ethyl adjacent to an activating group) is 1. The first kappa shape index (κ1) is 12.0. The van der Waals surface area contributed by atoms with Crippen molar-refractivity contribution < 1.29 is 14.3 Å². The highest BCUT2D eigenvalue weighted by atomic mass is 16.5. The molecule has 0 bridgehead atoms. The van der Waals surface area contributed by atoms with E-state index < -0.39 is 5.97 Å². The lowest BCUT2D eigenvalue weighted by Crippen LogP contribution is -2.25. The molecule has 1 aromatic carbocycles. The van der Waals surface area contributed by atoms with Gasteiger partial charge in [0.1, 0.15) is 0 Å². The van der Waals surface area contributed by atoms with Gasteiger partial charge >= 0.3 is 5.97 Å². The molecule has 5 nitrogen and oxygen atoms in total. The van der Waals surface area contributed by atoms with Crippen LogP contribution in [0.4, 0.5) is 5.69 Å². The number of carbonyl (C=O) groups excluding carboxylic acids is 2. The maximum atomic E-state index is 11.5. The summed E-state index contributed by atoms with van der Waals surface area (Å²) in [5.41, 5.74) is 7.41. The molecule has 0 spiro atoms. The van der Waals surface area contributed by atoms with Crippen LogP contribution in [0.25, 0.3) is 0 Å². The topological polar surface area (TPSA) is 81.4 Å². The summed E-state index contributed by atoms with van der Waals surface area (Å²) >= 11 is 0. The Morgan fingerprint density at radius 1 is 1.44 bits per heavy atom. The van der Waals surface area contributed by atoms with E-state index in [1.165, 1.54) is 13.1 Å². The van der Waals surface area contributed by atoms with Crippen LogP contribution in [0.3, 0.4) is 0 Å². The predicted molar refractivity (Wildman–Crippen MR) is 59.9 cm³/mol. The molecule has 0 heterocycles. The van der Waals surface area contributed by atoms with Gasteiger partial charge in [-0.2, -0.15) is 0 Å². The zero-order valence-corrected chi connectivity index (χ0v) is 9.24. The Balaban J connectivity index is 2.66. The smallest absolute Gasteiger partial charge is 0.338 e. The fraction of sp³-hybridized carbons (Fsp3) is 0.273. The van der Waals surface area contributed by atoms with Gasteiger partial charge < -0.3 is 15.8 Å². The van der Waals surface area contributed by atoms with Crippen LogP contribution in [0.5, 0.6) is 0 Å². The Hall–Kier alpha value is -2.04. The fourth-order valence-electron chi connectivity index (χ4n) is 1.05. The molecule has 1 rings (SSSR count). The van der Waals surface area contributed by atoms with Crippen LogP contribution in [0.2, 0.25) is 0 Å². The van der Waals surface area contributed by atoms with Gasteiger partial charge in [0.2, 0.25) is 0 Å². The van der Waals surface area contributed by atoms with E-state index in [9.17, 15) is 9.59 Å². The SMILES string of the molecule is CNC(=O)COC(=O)c1ccc(C)c(N)c1. The van der Waals surface area contributed by atoms with Crippen molar-refractivity contribution in [3.05, 3.63) is 29.3 Å². The van der Waals surface area contributed by atoms with Crippen LogP contribution < -0.4 is 11.1 Å². The monoisotopic (exact) mass is 222 g/mol. The number of ether oxygens (including phenoxy) is 1.